The SMILES string of the molecule is CCC1c2nc(Cc3ccccc3)c(o2)N(Cc2ccccc2)Cc2cn(nn2)CCCCN1C(=O)C1CCCCC1. The van der Waals surface area contributed by atoms with E-state index in [2.05, 4.69) is 75.6 Å². The third kappa shape index (κ3) is 6.58. The van der Waals surface area contributed by atoms with Gasteiger partial charge in [0.15, 0.2) is 0 Å². The van der Waals surface area contributed by atoms with Crippen molar-refractivity contribution in [1.82, 2.24) is 24.9 Å². The standard InChI is InChI=1S/C34H42N6O2/c1-2-31-32-35-30(22-26-14-6-3-7-15-26)34(42-32)38(23-27-16-8-4-9-17-27)24-29-25-39(37-36-29)20-12-13-21-40(31)33(41)28-18-10-5-11-19-28/h3-4,6-9,14-17,25,28,31H,2,5,10-13,18-24H2,1H3. The van der Waals surface area contributed by atoms with Gasteiger partial charge in [-0.05, 0) is 43.2 Å². The third-order valence-electron chi connectivity index (χ3n) is 8.67. The zero-order valence-electron chi connectivity index (χ0n) is 24.7. The molecule has 6 rings (SSSR count). The van der Waals surface area contributed by atoms with Crippen LogP contribution in [0.25, 0.3) is 0 Å². The first-order valence-electron chi connectivity index (χ1n) is 15.7. The summed E-state index contributed by atoms with van der Waals surface area (Å²) in [6, 6.07) is 20.6. The first-order valence-corrected chi connectivity index (χ1v) is 15.7. The fourth-order valence-corrected chi connectivity index (χ4v) is 6.46. The zero-order chi connectivity index (χ0) is 28.7. The molecule has 1 aliphatic carbocycles. The van der Waals surface area contributed by atoms with Crippen LogP contribution >= 0.6 is 0 Å². The number of aryl methyl sites for hydroxylation is 1. The average Bonchev–Trinajstić information content (AvgIpc) is 3.66. The van der Waals surface area contributed by atoms with Crippen molar-refractivity contribution in [2.24, 2.45) is 5.92 Å². The van der Waals surface area contributed by atoms with Gasteiger partial charge >= 0.3 is 0 Å². The summed E-state index contributed by atoms with van der Waals surface area (Å²) in [4.78, 5) is 23.6. The molecule has 1 atom stereocenters. The number of anilines is 1. The van der Waals surface area contributed by atoms with Crippen LogP contribution in [0, 0.1) is 5.92 Å². The molecule has 8 nitrogen and oxygen atoms in total. The molecule has 2 aromatic carbocycles. The van der Waals surface area contributed by atoms with E-state index in [-0.39, 0.29) is 17.9 Å². The lowest BCUT2D eigenvalue weighted by Crippen LogP contribution is -2.40. The fraction of sp³-hybridized carbons (Fsp3) is 0.471. The quantitative estimate of drug-likeness (QED) is 0.258. The smallest absolute Gasteiger partial charge is 0.226 e. The molecule has 3 heterocycles. The topological polar surface area (TPSA) is 80.3 Å². The second kappa shape index (κ2) is 13.4. The van der Waals surface area contributed by atoms with Gasteiger partial charge in [-0.25, -0.2) is 4.98 Å². The monoisotopic (exact) mass is 566 g/mol. The molecule has 8 heteroatoms. The zero-order valence-corrected chi connectivity index (χ0v) is 24.7. The number of aromatic nitrogens is 4. The fourth-order valence-electron chi connectivity index (χ4n) is 6.46. The minimum absolute atomic E-state index is 0.0948. The van der Waals surface area contributed by atoms with Gasteiger partial charge in [0.2, 0.25) is 17.7 Å². The van der Waals surface area contributed by atoms with E-state index in [1.807, 2.05) is 23.0 Å². The van der Waals surface area contributed by atoms with E-state index in [0.717, 1.165) is 68.8 Å². The summed E-state index contributed by atoms with van der Waals surface area (Å²) in [6.45, 7) is 4.81. The van der Waals surface area contributed by atoms with Crippen LogP contribution in [0.3, 0.4) is 0 Å². The van der Waals surface area contributed by atoms with Crippen LogP contribution in [0.2, 0.25) is 0 Å². The summed E-state index contributed by atoms with van der Waals surface area (Å²) in [5.41, 5.74) is 4.13. The average molecular weight is 567 g/mol. The molecule has 1 amide bonds. The van der Waals surface area contributed by atoms with Crippen molar-refractivity contribution in [3.8, 4) is 0 Å². The predicted octanol–water partition coefficient (Wildman–Crippen LogP) is 6.72. The van der Waals surface area contributed by atoms with E-state index in [1.54, 1.807) is 0 Å². The Bertz CT molecular complexity index is 1430. The Morgan fingerprint density at radius 3 is 2.36 bits per heavy atom. The van der Waals surface area contributed by atoms with E-state index < -0.39 is 0 Å². The Kier molecular flexibility index (Phi) is 8.97. The lowest BCUT2D eigenvalue weighted by atomic mass is 9.87. The predicted molar refractivity (Wildman–Crippen MR) is 163 cm³/mol. The maximum atomic E-state index is 14.1. The highest BCUT2D eigenvalue weighted by atomic mass is 16.4. The van der Waals surface area contributed by atoms with Gasteiger partial charge < -0.3 is 14.2 Å². The van der Waals surface area contributed by atoms with Gasteiger partial charge in [0.05, 0.1) is 12.7 Å². The van der Waals surface area contributed by atoms with E-state index in [9.17, 15) is 4.79 Å². The van der Waals surface area contributed by atoms with Crippen LogP contribution in [-0.2, 0) is 30.8 Å². The van der Waals surface area contributed by atoms with Crippen molar-refractivity contribution in [2.75, 3.05) is 11.4 Å². The minimum atomic E-state index is -0.199. The number of benzene rings is 2. The lowest BCUT2D eigenvalue weighted by Gasteiger charge is -2.34. The normalized spacial score (nSPS) is 18.5. The second-order valence-corrected chi connectivity index (χ2v) is 11.8. The molecule has 4 bridgehead atoms. The molecular formula is C34H42N6O2. The van der Waals surface area contributed by atoms with Gasteiger partial charge in [0, 0.05) is 32.0 Å². The summed E-state index contributed by atoms with van der Waals surface area (Å²) in [5, 5.41) is 8.95. The van der Waals surface area contributed by atoms with Crippen molar-refractivity contribution in [1.29, 1.82) is 0 Å². The first kappa shape index (κ1) is 28.2. The maximum Gasteiger partial charge on any atom is 0.226 e. The lowest BCUT2D eigenvalue weighted by molar-refractivity contribution is -0.140. The minimum Gasteiger partial charge on any atom is -0.423 e. The number of fused-ring (bicyclic) bond motifs is 4. The van der Waals surface area contributed by atoms with Crippen LogP contribution < -0.4 is 4.90 Å². The number of rotatable bonds is 6. The molecule has 2 aromatic heterocycles. The molecule has 1 aliphatic heterocycles. The molecule has 0 spiro atoms. The van der Waals surface area contributed by atoms with Gasteiger partial charge in [0.25, 0.3) is 0 Å². The third-order valence-corrected chi connectivity index (χ3v) is 8.67. The van der Waals surface area contributed by atoms with E-state index in [4.69, 9.17) is 9.40 Å². The molecule has 220 valence electrons. The second-order valence-electron chi connectivity index (χ2n) is 11.8. The van der Waals surface area contributed by atoms with Crippen molar-refractivity contribution in [2.45, 2.75) is 90.4 Å². The number of oxazole rings is 1. The highest BCUT2D eigenvalue weighted by molar-refractivity contribution is 5.79. The molecule has 0 radical (unpaired) electrons. The molecule has 1 saturated carbocycles. The van der Waals surface area contributed by atoms with Gasteiger partial charge in [-0.2, -0.15) is 0 Å². The van der Waals surface area contributed by atoms with Crippen molar-refractivity contribution in [3.05, 3.63) is 95.3 Å². The van der Waals surface area contributed by atoms with E-state index >= 15 is 0 Å². The van der Waals surface area contributed by atoms with Gasteiger partial charge in [-0.15, -0.1) is 5.10 Å². The molecule has 0 N–H and O–H groups in total. The molecule has 1 fully saturated rings. The highest BCUT2D eigenvalue weighted by Crippen LogP contribution is 2.36. The first-order chi connectivity index (χ1) is 20.7. The summed E-state index contributed by atoms with van der Waals surface area (Å²) in [5.74, 6) is 1.74. The molecular weight excluding hydrogens is 524 g/mol. The van der Waals surface area contributed by atoms with Crippen LogP contribution in [0.5, 0.6) is 0 Å². The Hall–Kier alpha value is -3.94. The molecule has 42 heavy (non-hydrogen) atoms. The van der Waals surface area contributed by atoms with Crippen molar-refractivity contribution >= 4 is 11.8 Å². The van der Waals surface area contributed by atoms with Crippen LogP contribution in [-0.4, -0.2) is 37.3 Å². The van der Waals surface area contributed by atoms with E-state index in [0.29, 0.717) is 31.9 Å². The van der Waals surface area contributed by atoms with Crippen molar-refractivity contribution < 1.29 is 9.21 Å². The largest absolute Gasteiger partial charge is 0.423 e. The molecule has 1 unspecified atom stereocenters. The van der Waals surface area contributed by atoms with Crippen LogP contribution in [0.1, 0.15) is 92.7 Å². The summed E-state index contributed by atoms with van der Waals surface area (Å²) in [6.07, 6.45) is 10.7. The highest BCUT2D eigenvalue weighted by Gasteiger charge is 2.34. The molecule has 0 saturated heterocycles. The maximum absolute atomic E-state index is 14.1. The summed E-state index contributed by atoms with van der Waals surface area (Å²) in [7, 11) is 0. The number of carbonyl (C=O) groups is 1. The Labute approximate surface area is 248 Å². The van der Waals surface area contributed by atoms with Crippen LogP contribution in [0.4, 0.5) is 5.88 Å². The molecule has 4 aromatic rings. The summed E-state index contributed by atoms with van der Waals surface area (Å²) >= 11 is 0. The summed E-state index contributed by atoms with van der Waals surface area (Å²) < 4.78 is 8.74. The van der Waals surface area contributed by atoms with Gasteiger partial charge in [-0.3, -0.25) is 9.48 Å². The Balaban J connectivity index is 1.43. The Morgan fingerprint density at radius 1 is 0.905 bits per heavy atom. The number of amides is 1. The van der Waals surface area contributed by atoms with Crippen molar-refractivity contribution in [3.63, 3.8) is 0 Å². The van der Waals surface area contributed by atoms with Gasteiger partial charge in [0.1, 0.15) is 17.4 Å². The number of hydrogen-bond donors (Lipinski definition) is 0. The van der Waals surface area contributed by atoms with E-state index in [1.165, 1.54) is 17.5 Å². The number of nitrogens with zero attached hydrogens (tertiary/aromatic N) is 6. The molecule has 2 aliphatic rings. The number of carbonyl (C=O) groups excluding carboxylic acids is 1. The Morgan fingerprint density at radius 2 is 1.62 bits per heavy atom. The number of hydrogen-bond acceptors (Lipinski definition) is 6. The van der Waals surface area contributed by atoms with Gasteiger partial charge in [-0.1, -0.05) is 92.1 Å². The van der Waals surface area contributed by atoms with Crippen LogP contribution in [0.15, 0.2) is 71.3 Å².